The molecule has 1 aliphatic rings. The molecule has 18 heavy (non-hydrogen) atoms. The molecule has 1 atom stereocenters. The molecule has 0 fully saturated rings. The monoisotopic (exact) mass is 247 g/mol. The lowest BCUT2D eigenvalue weighted by Crippen LogP contribution is -2.42. The van der Waals surface area contributed by atoms with Crippen molar-refractivity contribution in [3.05, 3.63) is 35.9 Å². The lowest BCUT2D eigenvalue weighted by atomic mass is 9.75. The first-order valence-corrected chi connectivity index (χ1v) is 5.65. The van der Waals surface area contributed by atoms with Gasteiger partial charge in [0.25, 0.3) is 0 Å². The predicted molar refractivity (Wildman–Crippen MR) is 64.5 cm³/mol. The molecule has 0 saturated heterocycles. The molecule has 0 radical (unpaired) electrons. The van der Waals surface area contributed by atoms with Gasteiger partial charge in [-0.1, -0.05) is 42.4 Å². The zero-order valence-corrected chi connectivity index (χ0v) is 9.92. The van der Waals surface area contributed by atoms with Crippen molar-refractivity contribution in [2.45, 2.75) is 13.3 Å². The number of aliphatic carboxylic acids is 1. The first-order chi connectivity index (χ1) is 8.62. The molecule has 1 aliphatic heterocycles. The third-order valence-electron chi connectivity index (χ3n) is 3.20. The SMILES string of the molecule is CCC1(C(=O)c2ccccc2)CON=C1C(=O)O. The maximum atomic E-state index is 12.5. The summed E-state index contributed by atoms with van der Waals surface area (Å²) in [5.74, 6) is -1.47. The summed E-state index contributed by atoms with van der Waals surface area (Å²) >= 11 is 0. The molecule has 5 nitrogen and oxygen atoms in total. The first kappa shape index (κ1) is 12.3. The van der Waals surface area contributed by atoms with E-state index in [0.717, 1.165) is 0 Å². The van der Waals surface area contributed by atoms with Gasteiger partial charge in [-0.2, -0.15) is 0 Å². The van der Waals surface area contributed by atoms with Crippen molar-refractivity contribution in [1.82, 2.24) is 0 Å². The van der Waals surface area contributed by atoms with Gasteiger partial charge in [0.1, 0.15) is 12.0 Å². The molecule has 1 aromatic carbocycles. The molecular weight excluding hydrogens is 234 g/mol. The van der Waals surface area contributed by atoms with E-state index in [9.17, 15) is 9.59 Å². The lowest BCUT2D eigenvalue weighted by molar-refractivity contribution is -0.129. The highest BCUT2D eigenvalue weighted by Crippen LogP contribution is 2.33. The summed E-state index contributed by atoms with van der Waals surface area (Å²) in [6.45, 7) is 1.74. The molecule has 0 spiro atoms. The van der Waals surface area contributed by atoms with Gasteiger partial charge < -0.3 is 9.94 Å². The highest BCUT2D eigenvalue weighted by atomic mass is 16.6. The van der Waals surface area contributed by atoms with Crippen molar-refractivity contribution >= 4 is 17.5 Å². The molecule has 5 heteroatoms. The molecule has 0 bridgehead atoms. The third-order valence-corrected chi connectivity index (χ3v) is 3.20. The van der Waals surface area contributed by atoms with E-state index in [1.807, 2.05) is 0 Å². The topological polar surface area (TPSA) is 76.0 Å². The van der Waals surface area contributed by atoms with Crippen molar-refractivity contribution < 1.29 is 19.5 Å². The Balaban J connectivity index is 2.43. The largest absolute Gasteiger partial charge is 0.477 e. The van der Waals surface area contributed by atoms with Crippen LogP contribution in [0.2, 0.25) is 0 Å². The van der Waals surface area contributed by atoms with Crippen molar-refractivity contribution in [2.24, 2.45) is 10.6 Å². The van der Waals surface area contributed by atoms with E-state index < -0.39 is 11.4 Å². The molecule has 1 N–H and O–H groups in total. The number of carboxylic acids is 1. The summed E-state index contributed by atoms with van der Waals surface area (Å²) in [5.41, 5.74) is -0.912. The molecule has 0 saturated carbocycles. The number of carboxylic acid groups (broad SMARTS) is 1. The minimum Gasteiger partial charge on any atom is -0.477 e. The Bertz CT molecular complexity index is 509. The van der Waals surface area contributed by atoms with Crippen LogP contribution in [0.4, 0.5) is 0 Å². The van der Waals surface area contributed by atoms with Gasteiger partial charge in [0.05, 0.1) is 0 Å². The fourth-order valence-electron chi connectivity index (χ4n) is 2.08. The molecule has 0 aromatic heterocycles. The Morgan fingerprint density at radius 3 is 2.61 bits per heavy atom. The summed E-state index contributed by atoms with van der Waals surface area (Å²) < 4.78 is 0. The van der Waals surface area contributed by atoms with E-state index in [-0.39, 0.29) is 18.1 Å². The standard InChI is InChI=1S/C13H13NO4/c1-2-13(8-18-14-10(13)12(16)17)11(15)9-6-4-3-5-7-9/h3-7H,2,8H2,1H3,(H,16,17). The zero-order chi connectivity index (χ0) is 13.2. The van der Waals surface area contributed by atoms with Gasteiger partial charge in [-0.25, -0.2) is 4.79 Å². The highest BCUT2D eigenvalue weighted by molar-refractivity contribution is 6.43. The van der Waals surface area contributed by atoms with Crippen LogP contribution in [0.5, 0.6) is 0 Å². The summed E-state index contributed by atoms with van der Waals surface area (Å²) in [4.78, 5) is 28.5. The van der Waals surface area contributed by atoms with Crippen molar-refractivity contribution in [3.63, 3.8) is 0 Å². The minimum absolute atomic E-state index is 0.0150. The number of carbonyl (C=O) groups is 2. The summed E-state index contributed by atoms with van der Waals surface area (Å²) in [5, 5.41) is 12.6. The second-order valence-electron chi connectivity index (χ2n) is 4.15. The van der Waals surface area contributed by atoms with Crippen LogP contribution in [-0.4, -0.2) is 29.2 Å². The summed E-state index contributed by atoms with van der Waals surface area (Å²) in [6.07, 6.45) is 0.339. The molecule has 94 valence electrons. The first-order valence-electron chi connectivity index (χ1n) is 5.65. The summed E-state index contributed by atoms with van der Waals surface area (Å²) in [7, 11) is 0. The number of ketones is 1. The Kier molecular flexibility index (Phi) is 3.14. The number of nitrogens with zero attached hydrogens (tertiary/aromatic N) is 1. The number of benzene rings is 1. The second-order valence-corrected chi connectivity index (χ2v) is 4.15. The number of hydrogen-bond acceptors (Lipinski definition) is 4. The van der Waals surface area contributed by atoms with Crippen LogP contribution in [0.25, 0.3) is 0 Å². The van der Waals surface area contributed by atoms with E-state index >= 15 is 0 Å². The van der Waals surface area contributed by atoms with Gasteiger partial charge in [-0.05, 0) is 6.42 Å². The van der Waals surface area contributed by atoms with Gasteiger partial charge in [-0.15, -0.1) is 0 Å². The van der Waals surface area contributed by atoms with Crippen molar-refractivity contribution in [3.8, 4) is 0 Å². The maximum absolute atomic E-state index is 12.5. The zero-order valence-electron chi connectivity index (χ0n) is 9.92. The van der Waals surface area contributed by atoms with Gasteiger partial charge in [0.15, 0.2) is 11.5 Å². The van der Waals surface area contributed by atoms with E-state index in [2.05, 4.69) is 5.16 Å². The molecule has 2 rings (SSSR count). The fraction of sp³-hybridized carbons (Fsp3) is 0.308. The number of carbonyl (C=O) groups excluding carboxylic acids is 1. The Labute approximate surface area is 104 Å². The third kappa shape index (κ3) is 1.77. The normalized spacial score (nSPS) is 22.2. The lowest BCUT2D eigenvalue weighted by Gasteiger charge is -2.23. The average Bonchev–Trinajstić information content (AvgIpc) is 2.84. The smallest absolute Gasteiger partial charge is 0.354 e. The van der Waals surface area contributed by atoms with Crippen LogP contribution in [-0.2, 0) is 9.63 Å². The Hall–Kier alpha value is -2.17. The van der Waals surface area contributed by atoms with E-state index in [0.29, 0.717) is 12.0 Å². The van der Waals surface area contributed by atoms with Crippen LogP contribution in [0, 0.1) is 5.41 Å². The van der Waals surface area contributed by atoms with Crippen LogP contribution >= 0.6 is 0 Å². The quantitative estimate of drug-likeness (QED) is 0.822. The van der Waals surface area contributed by atoms with Crippen LogP contribution in [0.1, 0.15) is 23.7 Å². The van der Waals surface area contributed by atoms with Crippen LogP contribution in [0.3, 0.4) is 0 Å². The predicted octanol–water partition coefficient (Wildman–Crippen LogP) is 1.74. The molecule has 1 unspecified atom stereocenters. The molecule has 0 amide bonds. The van der Waals surface area contributed by atoms with Crippen LogP contribution < -0.4 is 0 Å². The van der Waals surface area contributed by atoms with Gasteiger partial charge in [-0.3, -0.25) is 4.79 Å². The molecule has 1 heterocycles. The van der Waals surface area contributed by atoms with Gasteiger partial charge in [0, 0.05) is 5.56 Å². The molecule has 0 aliphatic carbocycles. The van der Waals surface area contributed by atoms with Gasteiger partial charge >= 0.3 is 5.97 Å². The number of Topliss-reactive ketones (excluding diaryl/α,β-unsaturated/α-hetero) is 1. The molecular formula is C13H13NO4. The van der Waals surface area contributed by atoms with Crippen molar-refractivity contribution in [1.29, 1.82) is 0 Å². The second kappa shape index (κ2) is 4.60. The minimum atomic E-state index is -1.21. The number of rotatable bonds is 4. The number of hydrogen-bond donors (Lipinski definition) is 1. The van der Waals surface area contributed by atoms with Gasteiger partial charge in [0.2, 0.25) is 0 Å². The molecule has 1 aromatic rings. The fourth-order valence-corrected chi connectivity index (χ4v) is 2.08. The van der Waals surface area contributed by atoms with Crippen LogP contribution in [0.15, 0.2) is 35.5 Å². The summed E-state index contributed by atoms with van der Waals surface area (Å²) in [6, 6.07) is 8.61. The van der Waals surface area contributed by atoms with Crippen molar-refractivity contribution in [2.75, 3.05) is 6.61 Å². The average molecular weight is 247 g/mol. The van der Waals surface area contributed by atoms with E-state index in [1.54, 1.807) is 37.3 Å². The maximum Gasteiger partial charge on any atom is 0.354 e. The Morgan fingerprint density at radius 1 is 1.39 bits per heavy atom. The van der Waals surface area contributed by atoms with E-state index in [1.165, 1.54) is 0 Å². The van der Waals surface area contributed by atoms with E-state index in [4.69, 9.17) is 9.94 Å². The number of oxime groups is 1. The Morgan fingerprint density at radius 2 is 2.06 bits per heavy atom. The highest BCUT2D eigenvalue weighted by Gasteiger charge is 2.50.